The van der Waals surface area contributed by atoms with Gasteiger partial charge in [-0.2, -0.15) is 0 Å². The van der Waals surface area contributed by atoms with Gasteiger partial charge in [0, 0.05) is 19.3 Å². The lowest BCUT2D eigenvalue weighted by Crippen LogP contribution is -2.42. The van der Waals surface area contributed by atoms with Gasteiger partial charge in [0.25, 0.3) is 5.56 Å². The number of aromatic nitrogens is 2. The van der Waals surface area contributed by atoms with Crippen LogP contribution in [0.5, 0.6) is 0 Å². The number of halogens is 2. The van der Waals surface area contributed by atoms with Gasteiger partial charge >= 0.3 is 11.8 Å². The molecule has 41 heavy (non-hydrogen) atoms. The minimum Gasteiger partial charge on any atom is -0.386 e. The number of rotatable bonds is 9. The van der Waals surface area contributed by atoms with E-state index in [0.717, 1.165) is 31.9 Å². The summed E-state index contributed by atoms with van der Waals surface area (Å²) < 4.78 is 32.5. The Hall–Kier alpha value is -3.01. The average molecular weight is 617 g/mol. The first-order chi connectivity index (χ1) is 19.6. The van der Waals surface area contributed by atoms with E-state index in [1.54, 1.807) is 0 Å². The molecular weight excluding hydrogens is 590 g/mol. The molecule has 1 aliphatic rings. The zero-order chi connectivity index (χ0) is 29.2. The van der Waals surface area contributed by atoms with Crippen LogP contribution in [-0.4, -0.2) is 39.2 Å². The summed E-state index contributed by atoms with van der Waals surface area (Å²) in [6.45, 7) is -0.203. The molecule has 0 saturated carbocycles. The van der Waals surface area contributed by atoms with Crippen LogP contribution in [-0.2, 0) is 31.2 Å². The standard InChI is InChI=1S/C29H27Cl2N2O7P/c1-32-24(34)17-18-33(28(32)36)27-25(35)26(40-41(30,31)37)23(39-27)19-38-29(20-11-5-2-6-12-20,21-13-7-3-8-14-21)22-15-9-4-10-16-22/h2-18,23,25-27,35H,19H2,1H3/t23-,25-,26-,27-/m1/s1. The maximum absolute atomic E-state index is 12.8. The minimum atomic E-state index is -4.17. The minimum absolute atomic E-state index is 0.203. The fourth-order valence-electron chi connectivity index (χ4n) is 5.11. The third-order valence-corrected chi connectivity index (χ3v) is 8.02. The number of hydrogen-bond donors (Lipinski definition) is 1. The zero-order valence-corrected chi connectivity index (χ0v) is 24.2. The summed E-state index contributed by atoms with van der Waals surface area (Å²) in [7, 11) is 1.30. The molecule has 1 aromatic heterocycles. The molecule has 1 aliphatic heterocycles. The van der Waals surface area contributed by atoms with E-state index >= 15 is 0 Å². The van der Waals surface area contributed by atoms with Gasteiger partial charge in [0.2, 0.25) is 0 Å². The van der Waals surface area contributed by atoms with Crippen LogP contribution in [0.25, 0.3) is 0 Å². The molecule has 2 heterocycles. The first kappa shape index (κ1) is 29.5. The number of aliphatic hydroxyl groups excluding tert-OH is 1. The number of ether oxygens (including phenoxy) is 2. The molecule has 0 amide bonds. The molecule has 1 N–H and O–H groups in total. The van der Waals surface area contributed by atoms with Crippen LogP contribution in [0.15, 0.2) is 113 Å². The third kappa shape index (κ3) is 5.98. The Balaban J connectivity index is 1.58. The SMILES string of the molecule is Cn1c(=O)ccn([C@@H]2O[C@H](COC(c3ccccc3)(c3ccccc3)c3ccccc3)[C@@H](OP(=O)(Cl)Cl)[C@H]2O)c1=O. The van der Waals surface area contributed by atoms with Gasteiger partial charge in [-0.05, 0) is 39.2 Å². The van der Waals surface area contributed by atoms with Crippen LogP contribution >= 0.6 is 28.6 Å². The number of nitrogens with zero attached hydrogens (tertiary/aromatic N) is 2. The fraction of sp³-hybridized carbons (Fsp3) is 0.241. The molecule has 0 bridgehead atoms. The Labute approximate surface area is 245 Å². The molecule has 3 aromatic carbocycles. The summed E-state index contributed by atoms with van der Waals surface area (Å²) in [5, 5.41) is 11.2. The molecule has 9 nitrogen and oxygen atoms in total. The second-order valence-electron chi connectivity index (χ2n) is 9.53. The van der Waals surface area contributed by atoms with Gasteiger partial charge in [-0.3, -0.25) is 23.0 Å². The summed E-state index contributed by atoms with van der Waals surface area (Å²) in [6, 6.07) is 29.9. The highest BCUT2D eigenvalue weighted by Crippen LogP contribution is 2.60. The van der Waals surface area contributed by atoms with Crippen LogP contribution < -0.4 is 11.2 Å². The van der Waals surface area contributed by atoms with Crippen molar-refractivity contribution in [2.24, 2.45) is 7.05 Å². The van der Waals surface area contributed by atoms with Gasteiger partial charge in [-0.15, -0.1) is 0 Å². The van der Waals surface area contributed by atoms with Gasteiger partial charge in [0.1, 0.15) is 23.9 Å². The first-order valence-electron chi connectivity index (χ1n) is 12.7. The molecule has 1 fully saturated rings. The van der Waals surface area contributed by atoms with Crippen LogP contribution in [0.3, 0.4) is 0 Å². The van der Waals surface area contributed by atoms with Crippen molar-refractivity contribution in [1.82, 2.24) is 9.13 Å². The summed E-state index contributed by atoms with van der Waals surface area (Å²) in [5.41, 5.74) is 0.0587. The molecular formula is C29H27Cl2N2O7P. The Morgan fingerprint density at radius 1 is 0.878 bits per heavy atom. The van der Waals surface area contributed by atoms with Crippen molar-refractivity contribution in [3.8, 4) is 0 Å². The van der Waals surface area contributed by atoms with Crippen molar-refractivity contribution in [3.63, 3.8) is 0 Å². The second kappa shape index (κ2) is 12.1. The highest BCUT2D eigenvalue weighted by molar-refractivity contribution is 8.05. The van der Waals surface area contributed by atoms with E-state index in [0.29, 0.717) is 0 Å². The molecule has 4 aromatic rings. The summed E-state index contributed by atoms with van der Waals surface area (Å²) >= 11 is 11.5. The molecule has 0 spiro atoms. The first-order valence-corrected chi connectivity index (χ1v) is 16.2. The number of aliphatic hydroxyl groups is 1. The average Bonchev–Trinajstić information content (AvgIpc) is 3.27. The van der Waals surface area contributed by atoms with Crippen molar-refractivity contribution in [3.05, 3.63) is 141 Å². The predicted octanol–water partition coefficient (Wildman–Crippen LogP) is 4.78. The largest absolute Gasteiger partial charge is 0.386 e. The molecule has 1 saturated heterocycles. The second-order valence-corrected chi connectivity index (χ2v) is 13.8. The Morgan fingerprint density at radius 3 is 1.83 bits per heavy atom. The monoisotopic (exact) mass is 616 g/mol. The molecule has 4 atom stereocenters. The Kier molecular flexibility index (Phi) is 8.68. The third-order valence-electron chi connectivity index (χ3n) is 7.05. The lowest BCUT2D eigenvalue weighted by Gasteiger charge is -2.37. The van der Waals surface area contributed by atoms with E-state index in [9.17, 15) is 19.3 Å². The molecule has 0 unspecified atom stereocenters. The van der Waals surface area contributed by atoms with Crippen LogP contribution in [0.2, 0.25) is 0 Å². The van der Waals surface area contributed by atoms with Gasteiger partial charge in [-0.25, -0.2) is 4.79 Å². The van der Waals surface area contributed by atoms with E-state index in [1.165, 1.54) is 13.2 Å². The topological polar surface area (TPSA) is 109 Å². The predicted molar refractivity (Wildman–Crippen MR) is 155 cm³/mol. The highest BCUT2D eigenvalue weighted by atomic mass is 35.9. The summed E-state index contributed by atoms with van der Waals surface area (Å²) in [6.07, 6.45) is -8.23. The van der Waals surface area contributed by atoms with Gasteiger partial charge in [-0.1, -0.05) is 91.0 Å². The van der Waals surface area contributed by atoms with E-state index in [1.807, 2.05) is 91.0 Å². The van der Waals surface area contributed by atoms with Crippen molar-refractivity contribution >= 4 is 28.6 Å². The maximum Gasteiger partial charge on any atom is 0.380 e. The normalized spacial score (nSPS) is 21.2. The van der Waals surface area contributed by atoms with E-state index < -0.39 is 47.5 Å². The Morgan fingerprint density at radius 2 is 1.37 bits per heavy atom. The van der Waals surface area contributed by atoms with Crippen molar-refractivity contribution < 1.29 is 23.7 Å². The molecule has 0 radical (unpaired) electrons. The maximum atomic E-state index is 12.8. The van der Waals surface area contributed by atoms with Crippen molar-refractivity contribution in [1.29, 1.82) is 0 Å². The lowest BCUT2D eigenvalue weighted by atomic mass is 9.80. The fourth-order valence-corrected chi connectivity index (χ4v) is 6.21. The van der Waals surface area contributed by atoms with Crippen LogP contribution in [0, 0.1) is 0 Å². The van der Waals surface area contributed by atoms with Crippen molar-refractivity contribution in [2.75, 3.05) is 6.61 Å². The number of benzene rings is 3. The van der Waals surface area contributed by atoms with E-state index in [-0.39, 0.29) is 6.61 Å². The van der Waals surface area contributed by atoms with E-state index in [2.05, 4.69) is 0 Å². The number of hydrogen-bond acceptors (Lipinski definition) is 7. The summed E-state index contributed by atoms with van der Waals surface area (Å²) in [5.74, 6) is 0. The quantitative estimate of drug-likeness (QED) is 0.213. The smallest absolute Gasteiger partial charge is 0.380 e. The Bertz CT molecular complexity index is 1550. The van der Waals surface area contributed by atoms with Crippen LogP contribution in [0.4, 0.5) is 0 Å². The molecule has 214 valence electrons. The lowest BCUT2D eigenvalue weighted by molar-refractivity contribution is -0.0938. The molecule has 5 rings (SSSR count). The van der Waals surface area contributed by atoms with Gasteiger partial charge in [0.15, 0.2) is 6.23 Å². The van der Waals surface area contributed by atoms with Gasteiger partial charge < -0.3 is 14.6 Å². The zero-order valence-electron chi connectivity index (χ0n) is 21.8. The molecule has 12 heteroatoms. The summed E-state index contributed by atoms with van der Waals surface area (Å²) in [4.78, 5) is 24.8. The van der Waals surface area contributed by atoms with Crippen LogP contribution in [0.1, 0.15) is 22.9 Å². The highest BCUT2D eigenvalue weighted by Gasteiger charge is 2.50. The van der Waals surface area contributed by atoms with Crippen molar-refractivity contribution in [2.45, 2.75) is 30.1 Å². The molecule has 0 aliphatic carbocycles. The van der Waals surface area contributed by atoms with Gasteiger partial charge in [0.05, 0.1) is 6.61 Å². The van der Waals surface area contributed by atoms with E-state index in [4.69, 9.17) is 36.5 Å².